The quantitative estimate of drug-likeness (QED) is 0.636. The number of ether oxygens (including phenoxy) is 1. The Kier molecular flexibility index (Phi) is 7.03. The van der Waals surface area contributed by atoms with Crippen molar-refractivity contribution in [1.82, 2.24) is 14.9 Å². The largest absolute Gasteiger partial charge is 0.376 e. The zero-order valence-corrected chi connectivity index (χ0v) is 16.7. The number of hydrogen-bond acceptors (Lipinski definition) is 5. The molecule has 1 atom stereocenters. The van der Waals surface area contributed by atoms with E-state index in [0.717, 1.165) is 31.2 Å². The Hall–Kier alpha value is -1.97. The summed E-state index contributed by atoms with van der Waals surface area (Å²) in [6.07, 6.45) is 4.17. The molecule has 9 heteroatoms. The van der Waals surface area contributed by atoms with E-state index in [-0.39, 0.29) is 11.0 Å². The highest BCUT2D eigenvalue weighted by atomic mass is 32.2. The minimum absolute atomic E-state index is 0.00731. The molecule has 0 saturated carbocycles. The molecule has 1 aromatic rings. The Morgan fingerprint density at radius 3 is 2.36 bits per heavy atom. The van der Waals surface area contributed by atoms with E-state index < -0.39 is 21.8 Å². The van der Waals surface area contributed by atoms with Gasteiger partial charge in [-0.2, -0.15) is 4.31 Å². The first-order valence-corrected chi connectivity index (χ1v) is 11.2. The Balaban J connectivity index is 1.42. The van der Waals surface area contributed by atoms with Crippen molar-refractivity contribution in [3.8, 4) is 0 Å². The van der Waals surface area contributed by atoms with Gasteiger partial charge in [0.2, 0.25) is 10.0 Å². The molecule has 2 aliphatic rings. The van der Waals surface area contributed by atoms with Crippen molar-refractivity contribution < 1.29 is 22.7 Å². The van der Waals surface area contributed by atoms with Crippen molar-refractivity contribution >= 4 is 21.8 Å². The molecule has 154 valence electrons. The van der Waals surface area contributed by atoms with Crippen LogP contribution < -0.4 is 10.6 Å². The molecular formula is C19H27N3O5S. The maximum Gasteiger partial charge on any atom is 0.309 e. The van der Waals surface area contributed by atoms with Crippen LogP contribution >= 0.6 is 0 Å². The van der Waals surface area contributed by atoms with E-state index in [1.165, 1.54) is 4.31 Å². The zero-order valence-electron chi connectivity index (χ0n) is 15.9. The summed E-state index contributed by atoms with van der Waals surface area (Å²) in [4.78, 5) is 23.9. The third-order valence-corrected chi connectivity index (χ3v) is 6.96. The van der Waals surface area contributed by atoms with Crippen molar-refractivity contribution in [2.75, 3.05) is 32.8 Å². The molecule has 2 heterocycles. The van der Waals surface area contributed by atoms with Crippen molar-refractivity contribution in [2.24, 2.45) is 0 Å². The van der Waals surface area contributed by atoms with E-state index in [0.29, 0.717) is 39.2 Å². The second-order valence-corrected chi connectivity index (χ2v) is 9.04. The van der Waals surface area contributed by atoms with Gasteiger partial charge in [-0.15, -0.1) is 0 Å². The van der Waals surface area contributed by atoms with Gasteiger partial charge in [0, 0.05) is 32.8 Å². The van der Waals surface area contributed by atoms with Crippen molar-refractivity contribution in [1.29, 1.82) is 0 Å². The van der Waals surface area contributed by atoms with Crippen LogP contribution in [-0.4, -0.2) is 63.4 Å². The first-order chi connectivity index (χ1) is 13.5. The molecule has 28 heavy (non-hydrogen) atoms. The van der Waals surface area contributed by atoms with E-state index in [4.69, 9.17) is 4.74 Å². The van der Waals surface area contributed by atoms with Gasteiger partial charge in [-0.25, -0.2) is 8.42 Å². The Bertz CT molecular complexity index is 782. The summed E-state index contributed by atoms with van der Waals surface area (Å²) in [5.41, 5.74) is 0.889. The van der Waals surface area contributed by atoms with Crippen LogP contribution in [0.1, 0.15) is 31.2 Å². The highest BCUT2D eigenvalue weighted by molar-refractivity contribution is 7.89. The SMILES string of the molecule is O=C(NCCc1ccc(S(=O)(=O)N2CCCC2)cc1)C(=O)NC[C@@H]1CCCO1. The molecule has 1 aromatic carbocycles. The second kappa shape index (κ2) is 9.49. The molecule has 0 aromatic heterocycles. The lowest BCUT2D eigenvalue weighted by Crippen LogP contribution is -2.43. The summed E-state index contributed by atoms with van der Waals surface area (Å²) in [7, 11) is -3.41. The van der Waals surface area contributed by atoms with Crippen LogP contribution in [0.2, 0.25) is 0 Å². The molecule has 0 radical (unpaired) electrons. The van der Waals surface area contributed by atoms with Crippen LogP contribution in [-0.2, 0) is 30.8 Å². The summed E-state index contributed by atoms with van der Waals surface area (Å²) in [5, 5.41) is 5.15. The van der Waals surface area contributed by atoms with Gasteiger partial charge in [-0.3, -0.25) is 9.59 Å². The molecule has 0 spiro atoms. The summed E-state index contributed by atoms with van der Waals surface area (Å²) >= 11 is 0. The van der Waals surface area contributed by atoms with Gasteiger partial charge in [0.15, 0.2) is 0 Å². The fraction of sp³-hybridized carbons (Fsp3) is 0.579. The normalized spacial score (nSPS) is 20.2. The average Bonchev–Trinajstić information content (AvgIpc) is 3.40. The third kappa shape index (κ3) is 5.30. The van der Waals surface area contributed by atoms with Crippen molar-refractivity contribution in [2.45, 2.75) is 43.1 Å². The maximum atomic E-state index is 12.5. The minimum atomic E-state index is -3.41. The van der Waals surface area contributed by atoms with Crippen LogP contribution in [0.3, 0.4) is 0 Å². The van der Waals surface area contributed by atoms with Crippen LogP contribution in [0.4, 0.5) is 0 Å². The van der Waals surface area contributed by atoms with E-state index in [1.807, 2.05) is 0 Å². The first kappa shape index (κ1) is 20.8. The van der Waals surface area contributed by atoms with E-state index in [1.54, 1.807) is 24.3 Å². The highest BCUT2D eigenvalue weighted by Gasteiger charge is 2.26. The number of carbonyl (C=O) groups excluding carboxylic acids is 2. The summed E-state index contributed by atoms with van der Waals surface area (Å²) in [5.74, 6) is -1.34. The van der Waals surface area contributed by atoms with Gasteiger partial charge in [0.05, 0.1) is 11.0 Å². The number of nitrogens with one attached hydrogen (secondary N) is 2. The number of sulfonamides is 1. The lowest BCUT2D eigenvalue weighted by atomic mass is 10.1. The van der Waals surface area contributed by atoms with Crippen molar-refractivity contribution in [3.05, 3.63) is 29.8 Å². The fourth-order valence-electron chi connectivity index (χ4n) is 3.40. The predicted octanol–water partition coefficient (Wildman–Crippen LogP) is 0.425. The Morgan fingerprint density at radius 1 is 1.04 bits per heavy atom. The monoisotopic (exact) mass is 409 g/mol. The highest BCUT2D eigenvalue weighted by Crippen LogP contribution is 2.21. The van der Waals surface area contributed by atoms with Crippen LogP contribution in [0.25, 0.3) is 0 Å². The number of carbonyl (C=O) groups is 2. The summed E-state index contributed by atoms with van der Waals surface area (Å²) in [6.45, 7) is 2.49. The van der Waals surface area contributed by atoms with Gasteiger partial charge >= 0.3 is 11.8 Å². The van der Waals surface area contributed by atoms with Crippen LogP contribution in [0.5, 0.6) is 0 Å². The topological polar surface area (TPSA) is 105 Å². The number of nitrogens with zero attached hydrogens (tertiary/aromatic N) is 1. The van der Waals surface area contributed by atoms with E-state index in [9.17, 15) is 18.0 Å². The van der Waals surface area contributed by atoms with Gasteiger partial charge < -0.3 is 15.4 Å². The summed E-state index contributed by atoms with van der Waals surface area (Å²) in [6, 6.07) is 6.68. The summed E-state index contributed by atoms with van der Waals surface area (Å²) < 4.78 is 31.9. The number of benzene rings is 1. The molecule has 2 N–H and O–H groups in total. The van der Waals surface area contributed by atoms with E-state index in [2.05, 4.69) is 10.6 Å². The molecule has 2 aliphatic heterocycles. The van der Waals surface area contributed by atoms with Gasteiger partial charge in [-0.05, 0) is 49.8 Å². The fourth-order valence-corrected chi connectivity index (χ4v) is 4.92. The molecule has 0 unspecified atom stereocenters. The Morgan fingerprint density at radius 2 is 1.71 bits per heavy atom. The maximum absolute atomic E-state index is 12.5. The van der Waals surface area contributed by atoms with Crippen LogP contribution in [0, 0.1) is 0 Å². The molecule has 2 saturated heterocycles. The lowest BCUT2D eigenvalue weighted by Gasteiger charge is -2.15. The number of hydrogen-bond donors (Lipinski definition) is 2. The number of amides is 2. The second-order valence-electron chi connectivity index (χ2n) is 7.11. The van der Waals surface area contributed by atoms with Gasteiger partial charge in [0.25, 0.3) is 0 Å². The average molecular weight is 410 g/mol. The smallest absolute Gasteiger partial charge is 0.309 e. The molecule has 2 amide bonds. The molecular weight excluding hydrogens is 382 g/mol. The number of rotatable bonds is 7. The molecule has 8 nitrogen and oxygen atoms in total. The van der Waals surface area contributed by atoms with Gasteiger partial charge in [-0.1, -0.05) is 12.1 Å². The van der Waals surface area contributed by atoms with Crippen LogP contribution in [0.15, 0.2) is 29.2 Å². The molecule has 2 fully saturated rings. The van der Waals surface area contributed by atoms with Crippen molar-refractivity contribution in [3.63, 3.8) is 0 Å². The Labute approximate surface area is 165 Å². The van der Waals surface area contributed by atoms with E-state index >= 15 is 0 Å². The lowest BCUT2D eigenvalue weighted by molar-refractivity contribution is -0.139. The standard InChI is InChI=1S/C19H27N3O5S/c23-18(19(24)21-14-16-4-3-13-27-16)20-10-9-15-5-7-17(8-6-15)28(25,26)22-11-1-2-12-22/h5-8,16H,1-4,9-14H2,(H,20,23)(H,21,24)/t16-/m0/s1. The zero-order chi connectivity index (χ0) is 20.0. The predicted molar refractivity (Wildman–Crippen MR) is 103 cm³/mol. The molecule has 3 rings (SSSR count). The first-order valence-electron chi connectivity index (χ1n) is 9.73. The third-order valence-electron chi connectivity index (χ3n) is 5.05. The van der Waals surface area contributed by atoms with Gasteiger partial charge in [0.1, 0.15) is 0 Å². The minimum Gasteiger partial charge on any atom is -0.376 e. The molecule has 0 aliphatic carbocycles. The molecule has 0 bridgehead atoms.